The largest absolute Gasteiger partial charge is 0.352 e. The Balaban J connectivity index is 1.66. The lowest BCUT2D eigenvalue weighted by molar-refractivity contribution is -0.120. The lowest BCUT2D eigenvalue weighted by Crippen LogP contribution is -2.24. The van der Waals surface area contributed by atoms with Crippen LogP contribution in [0.5, 0.6) is 0 Å². The molecule has 0 aliphatic rings. The fourth-order valence-electron chi connectivity index (χ4n) is 2.23. The van der Waals surface area contributed by atoms with Gasteiger partial charge in [-0.05, 0) is 29.3 Å². The quantitative estimate of drug-likeness (QED) is 0.778. The summed E-state index contributed by atoms with van der Waals surface area (Å²) in [5.41, 5.74) is 2.65. The van der Waals surface area contributed by atoms with Crippen molar-refractivity contribution >= 4 is 28.5 Å². The van der Waals surface area contributed by atoms with Gasteiger partial charge >= 0.3 is 0 Å². The third kappa shape index (κ3) is 3.06. The van der Waals surface area contributed by atoms with Crippen LogP contribution in [0.25, 0.3) is 11.0 Å². The molecule has 5 heteroatoms. The Morgan fingerprint density at radius 1 is 1.19 bits per heavy atom. The third-order valence-corrected chi connectivity index (χ3v) is 3.69. The predicted molar refractivity (Wildman–Crippen MR) is 83.1 cm³/mol. The van der Waals surface area contributed by atoms with E-state index in [9.17, 15) is 4.79 Å². The molecule has 0 unspecified atom stereocenters. The van der Waals surface area contributed by atoms with Crippen LogP contribution in [0.15, 0.2) is 48.8 Å². The van der Waals surface area contributed by atoms with Crippen LogP contribution in [0.1, 0.15) is 11.1 Å². The van der Waals surface area contributed by atoms with Gasteiger partial charge in [0.25, 0.3) is 0 Å². The van der Waals surface area contributed by atoms with Gasteiger partial charge in [0.1, 0.15) is 5.65 Å². The number of fused-ring (bicyclic) bond motifs is 1. The zero-order valence-corrected chi connectivity index (χ0v) is 12.0. The molecule has 3 aromatic rings. The van der Waals surface area contributed by atoms with Crippen molar-refractivity contribution in [1.82, 2.24) is 15.3 Å². The first-order valence-electron chi connectivity index (χ1n) is 6.65. The average Bonchev–Trinajstić information content (AvgIpc) is 2.90. The molecule has 0 saturated heterocycles. The number of carbonyl (C=O) groups excluding carboxylic acids is 1. The maximum atomic E-state index is 12.1. The fourth-order valence-corrected chi connectivity index (χ4v) is 2.43. The van der Waals surface area contributed by atoms with E-state index in [1.54, 1.807) is 6.20 Å². The Labute approximate surface area is 127 Å². The Bertz CT molecular complexity index is 782. The number of halogens is 1. The van der Waals surface area contributed by atoms with Gasteiger partial charge in [-0.2, -0.15) is 0 Å². The van der Waals surface area contributed by atoms with Crippen LogP contribution in [0.3, 0.4) is 0 Å². The fraction of sp³-hybridized carbons (Fsp3) is 0.125. The maximum absolute atomic E-state index is 12.1. The molecular weight excluding hydrogens is 286 g/mol. The molecule has 1 aromatic carbocycles. The van der Waals surface area contributed by atoms with Gasteiger partial charge in [-0.1, -0.05) is 29.8 Å². The van der Waals surface area contributed by atoms with E-state index in [1.807, 2.05) is 42.6 Å². The maximum Gasteiger partial charge on any atom is 0.224 e. The van der Waals surface area contributed by atoms with Crippen molar-refractivity contribution in [2.45, 2.75) is 13.0 Å². The van der Waals surface area contributed by atoms with E-state index in [1.165, 1.54) is 0 Å². The second-order valence-electron chi connectivity index (χ2n) is 4.76. The molecule has 0 aliphatic heterocycles. The Morgan fingerprint density at radius 3 is 2.90 bits per heavy atom. The van der Waals surface area contributed by atoms with Crippen LogP contribution in [0.4, 0.5) is 0 Å². The van der Waals surface area contributed by atoms with Gasteiger partial charge in [0.05, 0.1) is 6.42 Å². The van der Waals surface area contributed by atoms with E-state index in [2.05, 4.69) is 15.3 Å². The zero-order chi connectivity index (χ0) is 14.7. The number of hydrogen-bond acceptors (Lipinski definition) is 2. The summed E-state index contributed by atoms with van der Waals surface area (Å²) in [7, 11) is 0. The minimum atomic E-state index is -0.0420. The topological polar surface area (TPSA) is 57.8 Å². The zero-order valence-electron chi connectivity index (χ0n) is 11.3. The van der Waals surface area contributed by atoms with Crippen molar-refractivity contribution in [3.05, 3.63) is 64.9 Å². The van der Waals surface area contributed by atoms with Gasteiger partial charge in [0, 0.05) is 29.3 Å². The number of aromatic amines is 1. The first kappa shape index (κ1) is 13.6. The summed E-state index contributed by atoms with van der Waals surface area (Å²) >= 11 is 6.06. The van der Waals surface area contributed by atoms with Crippen molar-refractivity contribution in [1.29, 1.82) is 0 Å². The normalized spacial score (nSPS) is 10.7. The SMILES string of the molecule is O=C(Cc1c[nH]c2ncccc12)NCc1ccccc1Cl. The molecule has 2 aromatic heterocycles. The van der Waals surface area contributed by atoms with Crippen LogP contribution in [-0.2, 0) is 17.8 Å². The summed E-state index contributed by atoms with van der Waals surface area (Å²) in [6.45, 7) is 0.430. The first-order valence-corrected chi connectivity index (χ1v) is 7.03. The highest BCUT2D eigenvalue weighted by Gasteiger charge is 2.09. The molecule has 0 spiro atoms. The number of H-pyrrole nitrogens is 1. The second-order valence-corrected chi connectivity index (χ2v) is 5.17. The molecule has 0 saturated carbocycles. The van der Waals surface area contributed by atoms with Crippen molar-refractivity contribution < 1.29 is 4.79 Å². The predicted octanol–water partition coefficient (Wildman–Crippen LogP) is 3.08. The molecule has 1 amide bonds. The molecule has 0 aliphatic carbocycles. The Hall–Kier alpha value is -2.33. The number of nitrogens with zero attached hydrogens (tertiary/aromatic N) is 1. The number of amides is 1. The van der Waals surface area contributed by atoms with Crippen LogP contribution in [0, 0.1) is 0 Å². The minimum absolute atomic E-state index is 0.0420. The van der Waals surface area contributed by atoms with Crippen LogP contribution >= 0.6 is 11.6 Å². The summed E-state index contributed by atoms with van der Waals surface area (Å²) in [4.78, 5) is 19.3. The van der Waals surface area contributed by atoms with Crippen LogP contribution < -0.4 is 5.32 Å². The van der Waals surface area contributed by atoms with E-state index in [-0.39, 0.29) is 5.91 Å². The van der Waals surface area contributed by atoms with Crippen molar-refractivity contribution in [3.8, 4) is 0 Å². The molecular formula is C16H14ClN3O. The lowest BCUT2D eigenvalue weighted by Gasteiger charge is -2.06. The van der Waals surface area contributed by atoms with Crippen LogP contribution in [0.2, 0.25) is 5.02 Å². The number of pyridine rings is 1. The Kier molecular flexibility index (Phi) is 3.88. The highest BCUT2D eigenvalue weighted by molar-refractivity contribution is 6.31. The molecule has 2 heterocycles. The Morgan fingerprint density at radius 2 is 2.05 bits per heavy atom. The third-order valence-electron chi connectivity index (χ3n) is 3.32. The van der Waals surface area contributed by atoms with E-state index in [0.29, 0.717) is 18.0 Å². The van der Waals surface area contributed by atoms with Crippen molar-refractivity contribution in [2.24, 2.45) is 0 Å². The average molecular weight is 300 g/mol. The molecule has 106 valence electrons. The lowest BCUT2D eigenvalue weighted by atomic mass is 10.1. The molecule has 21 heavy (non-hydrogen) atoms. The number of nitrogens with one attached hydrogen (secondary N) is 2. The monoisotopic (exact) mass is 299 g/mol. The second kappa shape index (κ2) is 5.97. The van der Waals surface area contributed by atoms with E-state index >= 15 is 0 Å². The van der Waals surface area contributed by atoms with E-state index in [0.717, 1.165) is 22.2 Å². The number of carbonyl (C=O) groups is 1. The van der Waals surface area contributed by atoms with Gasteiger partial charge in [0.2, 0.25) is 5.91 Å². The summed E-state index contributed by atoms with van der Waals surface area (Å²) in [5, 5.41) is 4.52. The summed E-state index contributed by atoms with van der Waals surface area (Å²) in [6.07, 6.45) is 3.86. The highest BCUT2D eigenvalue weighted by Crippen LogP contribution is 2.17. The molecule has 3 rings (SSSR count). The van der Waals surface area contributed by atoms with Gasteiger partial charge in [-0.25, -0.2) is 4.98 Å². The van der Waals surface area contributed by atoms with Gasteiger partial charge in [-0.3, -0.25) is 4.79 Å². The molecule has 2 N–H and O–H groups in total. The molecule has 0 fully saturated rings. The highest BCUT2D eigenvalue weighted by atomic mass is 35.5. The number of benzene rings is 1. The van der Waals surface area contributed by atoms with E-state index in [4.69, 9.17) is 11.6 Å². The molecule has 0 bridgehead atoms. The smallest absolute Gasteiger partial charge is 0.224 e. The van der Waals surface area contributed by atoms with E-state index < -0.39 is 0 Å². The number of hydrogen-bond donors (Lipinski definition) is 2. The summed E-state index contributed by atoms with van der Waals surface area (Å²) in [5.74, 6) is -0.0420. The van der Waals surface area contributed by atoms with Gasteiger partial charge in [-0.15, -0.1) is 0 Å². The van der Waals surface area contributed by atoms with Crippen LogP contribution in [-0.4, -0.2) is 15.9 Å². The van der Waals surface area contributed by atoms with Crippen molar-refractivity contribution in [2.75, 3.05) is 0 Å². The molecule has 4 nitrogen and oxygen atoms in total. The molecule has 0 atom stereocenters. The number of aromatic nitrogens is 2. The summed E-state index contributed by atoms with van der Waals surface area (Å²) < 4.78 is 0. The van der Waals surface area contributed by atoms with Gasteiger partial charge in [0.15, 0.2) is 0 Å². The molecule has 0 radical (unpaired) electrons. The van der Waals surface area contributed by atoms with Gasteiger partial charge < -0.3 is 10.3 Å². The standard InChI is InChI=1S/C16H14ClN3O/c17-14-6-2-1-4-11(14)9-19-15(21)8-12-10-20-16-13(12)5-3-7-18-16/h1-7,10H,8-9H2,(H,18,20)(H,19,21). The van der Waals surface area contributed by atoms with Crippen molar-refractivity contribution in [3.63, 3.8) is 0 Å². The first-order chi connectivity index (χ1) is 10.2. The number of rotatable bonds is 4. The summed E-state index contributed by atoms with van der Waals surface area (Å²) in [6, 6.07) is 11.3. The minimum Gasteiger partial charge on any atom is -0.352 e.